The molecule has 34 heavy (non-hydrogen) atoms. The van der Waals surface area contributed by atoms with E-state index in [9.17, 15) is 4.79 Å². The third-order valence-corrected chi connectivity index (χ3v) is 7.64. The predicted octanol–water partition coefficient (Wildman–Crippen LogP) is 5.54. The summed E-state index contributed by atoms with van der Waals surface area (Å²) in [5.74, 6) is 1.74. The van der Waals surface area contributed by atoms with Crippen LogP contribution in [0.4, 0.5) is 0 Å². The Bertz CT molecular complexity index is 1100. The zero-order valence-corrected chi connectivity index (χ0v) is 21.0. The zero-order chi connectivity index (χ0) is 24.3. The van der Waals surface area contributed by atoms with Crippen LogP contribution in [0.2, 0.25) is 0 Å². The van der Waals surface area contributed by atoms with Crippen molar-refractivity contribution in [2.45, 2.75) is 64.5 Å². The lowest BCUT2D eigenvalue weighted by Gasteiger charge is -2.34. The van der Waals surface area contributed by atoms with Gasteiger partial charge in [0.25, 0.3) is 0 Å². The number of methoxy groups -OCH3 is 1. The minimum atomic E-state index is -0.512. The molecule has 2 unspecified atom stereocenters. The van der Waals surface area contributed by atoms with Crippen LogP contribution in [0.5, 0.6) is 5.75 Å². The molecule has 1 N–H and O–H groups in total. The van der Waals surface area contributed by atoms with Crippen LogP contribution in [0.15, 0.2) is 48.8 Å². The number of ether oxygens (including phenoxy) is 2. The normalized spacial score (nSPS) is 17.3. The summed E-state index contributed by atoms with van der Waals surface area (Å²) in [6.45, 7) is 7.05. The number of hydrogen-bond acceptors (Lipinski definition) is 5. The highest BCUT2D eigenvalue weighted by Gasteiger charge is 2.43. The fourth-order valence-corrected chi connectivity index (χ4v) is 5.24. The van der Waals surface area contributed by atoms with E-state index in [-0.39, 0.29) is 17.9 Å². The van der Waals surface area contributed by atoms with Crippen LogP contribution < -0.4 is 4.74 Å². The third-order valence-electron chi connectivity index (χ3n) is 7.64. The number of esters is 1. The summed E-state index contributed by atoms with van der Waals surface area (Å²) in [7, 11) is 3.63. The molecule has 0 amide bonds. The molecule has 1 aromatic heterocycles. The lowest BCUT2D eigenvalue weighted by molar-refractivity contribution is -0.154. The minimum absolute atomic E-state index is 0.130. The SMILES string of the molecule is COC(=O)C1(COc2ccc3cc(C(c4ncc[nH]4)C(C)N(C)C(C)C)ccc3c2)CCCC1. The van der Waals surface area contributed by atoms with Gasteiger partial charge >= 0.3 is 5.97 Å². The van der Waals surface area contributed by atoms with Crippen LogP contribution in [0.3, 0.4) is 0 Å². The second kappa shape index (κ2) is 10.2. The van der Waals surface area contributed by atoms with E-state index in [4.69, 9.17) is 9.47 Å². The first-order chi connectivity index (χ1) is 16.3. The predicted molar refractivity (Wildman–Crippen MR) is 135 cm³/mol. The van der Waals surface area contributed by atoms with Crippen LogP contribution in [0.25, 0.3) is 10.8 Å². The monoisotopic (exact) mass is 463 g/mol. The number of aromatic nitrogens is 2. The first kappa shape index (κ1) is 24.3. The maximum Gasteiger partial charge on any atom is 0.315 e. The summed E-state index contributed by atoms with van der Waals surface area (Å²) >= 11 is 0. The molecule has 4 rings (SSSR count). The number of aromatic amines is 1. The molecular formula is C28H37N3O3. The Balaban J connectivity index is 1.58. The van der Waals surface area contributed by atoms with Gasteiger partial charge in [-0.05, 0) is 69.1 Å². The fraction of sp³-hybridized carbons (Fsp3) is 0.500. The van der Waals surface area contributed by atoms with E-state index < -0.39 is 5.41 Å². The molecular weight excluding hydrogens is 426 g/mol. The summed E-state index contributed by atoms with van der Waals surface area (Å²) in [4.78, 5) is 22.7. The largest absolute Gasteiger partial charge is 0.492 e. The van der Waals surface area contributed by atoms with Gasteiger partial charge in [0.15, 0.2) is 0 Å². The highest BCUT2D eigenvalue weighted by Crippen LogP contribution is 2.40. The van der Waals surface area contributed by atoms with Gasteiger partial charge in [-0.15, -0.1) is 0 Å². The number of imidazole rings is 1. The molecule has 1 heterocycles. The van der Waals surface area contributed by atoms with Crippen molar-refractivity contribution in [2.75, 3.05) is 20.8 Å². The van der Waals surface area contributed by atoms with Crippen LogP contribution >= 0.6 is 0 Å². The van der Waals surface area contributed by atoms with E-state index in [0.717, 1.165) is 48.0 Å². The molecule has 0 spiro atoms. The summed E-state index contributed by atoms with van der Waals surface area (Å²) in [6.07, 6.45) is 7.45. The van der Waals surface area contributed by atoms with Crippen molar-refractivity contribution >= 4 is 16.7 Å². The fourth-order valence-electron chi connectivity index (χ4n) is 5.24. The molecule has 2 atom stereocenters. The van der Waals surface area contributed by atoms with Gasteiger partial charge in [-0.3, -0.25) is 4.79 Å². The van der Waals surface area contributed by atoms with Crippen molar-refractivity contribution in [3.05, 3.63) is 60.2 Å². The van der Waals surface area contributed by atoms with Gasteiger partial charge in [0.2, 0.25) is 0 Å². The highest BCUT2D eigenvalue weighted by atomic mass is 16.5. The van der Waals surface area contributed by atoms with Crippen molar-refractivity contribution in [1.29, 1.82) is 0 Å². The molecule has 2 aromatic carbocycles. The Morgan fingerprint density at radius 1 is 1.12 bits per heavy atom. The average molecular weight is 464 g/mol. The molecule has 0 bridgehead atoms. The minimum Gasteiger partial charge on any atom is -0.492 e. The molecule has 182 valence electrons. The molecule has 3 aromatic rings. The Hall–Kier alpha value is -2.86. The standard InChI is InChI=1S/C28H37N3O3/c1-19(2)31(4)20(3)25(26-29-14-15-30-26)23-9-8-22-17-24(11-10-21(22)16-23)34-18-28(27(32)33-5)12-6-7-13-28/h8-11,14-17,19-20,25H,6-7,12-13,18H2,1-5H3,(H,29,30). The molecule has 1 fully saturated rings. The number of carbonyl (C=O) groups is 1. The number of H-pyrrole nitrogens is 1. The van der Waals surface area contributed by atoms with Crippen LogP contribution in [0.1, 0.15) is 63.8 Å². The lowest BCUT2D eigenvalue weighted by atomic mass is 9.87. The van der Waals surface area contributed by atoms with E-state index in [2.05, 4.69) is 73.0 Å². The smallest absolute Gasteiger partial charge is 0.315 e. The van der Waals surface area contributed by atoms with Gasteiger partial charge < -0.3 is 19.4 Å². The van der Waals surface area contributed by atoms with Gasteiger partial charge in [0.1, 0.15) is 23.6 Å². The molecule has 6 heteroatoms. The van der Waals surface area contributed by atoms with E-state index in [0.29, 0.717) is 12.6 Å². The number of benzene rings is 2. The van der Waals surface area contributed by atoms with E-state index in [1.807, 2.05) is 18.5 Å². The molecule has 1 aliphatic rings. The number of rotatable bonds is 9. The quantitative estimate of drug-likeness (QED) is 0.422. The van der Waals surface area contributed by atoms with Crippen LogP contribution in [0, 0.1) is 5.41 Å². The van der Waals surface area contributed by atoms with Crippen molar-refractivity contribution < 1.29 is 14.3 Å². The van der Waals surface area contributed by atoms with E-state index in [1.54, 1.807) is 0 Å². The Kier molecular flexibility index (Phi) is 7.27. The maximum absolute atomic E-state index is 12.4. The van der Waals surface area contributed by atoms with Crippen molar-refractivity contribution in [2.24, 2.45) is 5.41 Å². The summed E-state index contributed by atoms with van der Waals surface area (Å²) < 4.78 is 11.2. The Labute approximate surface area is 202 Å². The number of carbonyl (C=O) groups excluding carboxylic acids is 1. The second-order valence-electron chi connectivity index (χ2n) is 9.99. The van der Waals surface area contributed by atoms with Gasteiger partial charge in [-0.25, -0.2) is 4.98 Å². The second-order valence-corrected chi connectivity index (χ2v) is 9.99. The Morgan fingerprint density at radius 2 is 1.82 bits per heavy atom. The Morgan fingerprint density at radius 3 is 2.47 bits per heavy atom. The van der Waals surface area contributed by atoms with E-state index in [1.165, 1.54) is 12.7 Å². The zero-order valence-electron chi connectivity index (χ0n) is 21.0. The van der Waals surface area contributed by atoms with Crippen LogP contribution in [-0.2, 0) is 9.53 Å². The average Bonchev–Trinajstić information content (AvgIpc) is 3.55. The first-order valence-electron chi connectivity index (χ1n) is 12.3. The molecule has 6 nitrogen and oxygen atoms in total. The highest BCUT2D eigenvalue weighted by molar-refractivity contribution is 5.85. The third kappa shape index (κ3) is 4.83. The van der Waals surface area contributed by atoms with Gasteiger partial charge in [0, 0.05) is 24.5 Å². The summed E-state index contributed by atoms with van der Waals surface area (Å²) in [5, 5.41) is 2.27. The molecule has 1 saturated carbocycles. The number of hydrogen-bond donors (Lipinski definition) is 1. The lowest BCUT2D eigenvalue weighted by Crippen LogP contribution is -2.39. The topological polar surface area (TPSA) is 67.5 Å². The number of likely N-dealkylation sites (N-methyl/N-ethyl adjacent to an activating group) is 1. The molecule has 0 radical (unpaired) electrons. The van der Waals surface area contributed by atoms with Gasteiger partial charge in [-0.1, -0.05) is 37.1 Å². The van der Waals surface area contributed by atoms with Gasteiger partial charge in [-0.2, -0.15) is 0 Å². The maximum atomic E-state index is 12.4. The van der Waals surface area contributed by atoms with Crippen molar-refractivity contribution in [1.82, 2.24) is 14.9 Å². The molecule has 1 aliphatic carbocycles. The van der Waals surface area contributed by atoms with Gasteiger partial charge in [0.05, 0.1) is 13.0 Å². The van der Waals surface area contributed by atoms with Crippen molar-refractivity contribution in [3.8, 4) is 5.75 Å². The summed E-state index contributed by atoms with van der Waals surface area (Å²) in [6, 6.07) is 13.5. The molecule has 0 aliphatic heterocycles. The molecule has 0 saturated heterocycles. The van der Waals surface area contributed by atoms with Crippen LogP contribution in [-0.4, -0.2) is 53.7 Å². The number of fused-ring (bicyclic) bond motifs is 1. The summed E-state index contributed by atoms with van der Waals surface area (Å²) in [5.41, 5.74) is 0.717. The van der Waals surface area contributed by atoms with Crippen molar-refractivity contribution in [3.63, 3.8) is 0 Å². The van der Waals surface area contributed by atoms with E-state index >= 15 is 0 Å². The number of nitrogens with one attached hydrogen (secondary N) is 1. The number of nitrogens with zero attached hydrogens (tertiary/aromatic N) is 2. The first-order valence-corrected chi connectivity index (χ1v) is 12.3.